The predicted octanol–water partition coefficient (Wildman–Crippen LogP) is 3.03. The monoisotopic (exact) mass is 342 g/mol. The zero-order valence-corrected chi connectivity index (χ0v) is 15.4. The zero-order chi connectivity index (χ0) is 17.5. The van der Waals surface area contributed by atoms with E-state index in [4.69, 9.17) is 9.73 Å². The van der Waals surface area contributed by atoms with Gasteiger partial charge in [0.05, 0.1) is 6.61 Å². The summed E-state index contributed by atoms with van der Waals surface area (Å²) < 4.78 is 5.48. The Labute approximate surface area is 150 Å². The maximum absolute atomic E-state index is 5.48. The lowest BCUT2D eigenvalue weighted by atomic mass is 10.1. The average Bonchev–Trinajstić information content (AvgIpc) is 3.27. The van der Waals surface area contributed by atoms with E-state index in [9.17, 15) is 0 Å². The van der Waals surface area contributed by atoms with Crippen molar-refractivity contribution in [1.82, 2.24) is 15.2 Å². The van der Waals surface area contributed by atoms with Gasteiger partial charge in [-0.25, -0.2) is 0 Å². The molecular weight excluding hydrogens is 312 g/mol. The lowest BCUT2D eigenvalue weighted by molar-refractivity contribution is 0.181. The molecule has 2 N–H and O–H groups in total. The Morgan fingerprint density at radius 3 is 3.08 bits per heavy atom. The molecule has 1 saturated heterocycles. The lowest BCUT2D eigenvalue weighted by Gasteiger charge is -2.24. The number of nitrogens with one attached hydrogen (secondary N) is 2. The zero-order valence-electron chi connectivity index (χ0n) is 15.4. The summed E-state index contributed by atoms with van der Waals surface area (Å²) in [5, 5.41) is 4.74. The minimum Gasteiger partial charge on any atom is -0.381 e. The molecule has 0 aliphatic carbocycles. The summed E-state index contributed by atoms with van der Waals surface area (Å²) in [5.74, 6) is 1.63. The standard InChI is InChI=1S/C20H30N4O/c1-3-21-20(24(2)14-16-10-12-25-15-16)22-11-6-7-17-13-23-19-9-5-4-8-18(17)19/h4-5,8-9,13,16,23H,3,6-7,10-12,14-15H2,1-2H3,(H,21,22). The highest BCUT2D eigenvalue weighted by atomic mass is 16.5. The number of H-pyrrole nitrogens is 1. The highest BCUT2D eigenvalue weighted by Gasteiger charge is 2.18. The molecule has 1 fully saturated rings. The number of rotatable bonds is 7. The Morgan fingerprint density at radius 2 is 2.28 bits per heavy atom. The quantitative estimate of drug-likeness (QED) is 0.462. The minimum absolute atomic E-state index is 0.625. The number of para-hydroxylation sites is 1. The molecule has 0 radical (unpaired) electrons. The first-order valence-corrected chi connectivity index (χ1v) is 9.40. The van der Waals surface area contributed by atoms with Gasteiger partial charge in [-0.1, -0.05) is 18.2 Å². The van der Waals surface area contributed by atoms with Gasteiger partial charge in [-0.15, -0.1) is 0 Å². The van der Waals surface area contributed by atoms with E-state index < -0.39 is 0 Å². The first kappa shape index (κ1) is 17.8. The van der Waals surface area contributed by atoms with Crippen molar-refractivity contribution >= 4 is 16.9 Å². The highest BCUT2D eigenvalue weighted by molar-refractivity contribution is 5.83. The molecular formula is C20H30N4O. The molecule has 5 heteroatoms. The van der Waals surface area contributed by atoms with Crippen LogP contribution < -0.4 is 5.32 Å². The van der Waals surface area contributed by atoms with E-state index in [1.54, 1.807) is 0 Å². The van der Waals surface area contributed by atoms with E-state index in [0.29, 0.717) is 5.92 Å². The van der Waals surface area contributed by atoms with Crippen LogP contribution in [0.2, 0.25) is 0 Å². The molecule has 2 heterocycles. The molecule has 1 unspecified atom stereocenters. The van der Waals surface area contributed by atoms with Gasteiger partial charge in [-0.2, -0.15) is 0 Å². The van der Waals surface area contributed by atoms with Crippen LogP contribution in [-0.2, 0) is 11.2 Å². The van der Waals surface area contributed by atoms with Crippen molar-refractivity contribution in [3.8, 4) is 0 Å². The van der Waals surface area contributed by atoms with Crippen molar-refractivity contribution in [1.29, 1.82) is 0 Å². The maximum Gasteiger partial charge on any atom is 0.193 e. The van der Waals surface area contributed by atoms with Gasteiger partial charge in [0.15, 0.2) is 5.96 Å². The molecule has 1 aliphatic rings. The molecule has 0 saturated carbocycles. The average molecular weight is 342 g/mol. The molecule has 2 aromatic rings. The predicted molar refractivity (Wildman–Crippen MR) is 104 cm³/mol. The van der Waals surface area contributed by atoms with Crippen molar-refractivity contribution in [2.45, 2.75) is 26.2 Å². The molecule has 5 nitrogen and oxygen atoms in total. The molecule has 0 bridgehead atoms. The summed E-state index contributed by atoms with van der Waals surface area (Å²) in [4.78, 5) is 10.4. The summed E-state index contributed by atoms with van der Waals surface area (Å²) in [5.41, 5.74) is 2.60. The van der Waals surface area contributed by atoms with Gasteiger partial charge >= 0.3 is 0 Å². The fraction of sp³-hybridized carbons (Fsp3) is 0.550. The SMILES string of the molecule is CCNC(=NCCCc1c[nH]c2ccccc12)N(C)CC1CCOC1. The maximum atomic E-state index is 5.48. The third-order valence-electron chi connectivity index (χ3n) is 4.79. The first-order chi connectivity index (χ1) is 12.3. The summed E-state index contributed by atoms with van der Waals surface area (Å²) in [6.07, 6.45) is 5.39. The van der Waals surface area contributed by atoms with Crippen LogP contribution in [0.5, 0.6) is 0 Å². The van der Waals surface area contributed by atoms with Crippen LogP contribution in [-0.4, -0.2) is 55.7 Å². The fourth-order valence-electron chi connectivity index (χ4n) is 3.46. The van der Waals surface area contributed by atoms with Crippen LogP contribution in [0.1, 0.15) is 25.3 Å². The number of benzene rings is 1. The molecule has 136 valence electrons. The van der Waals surface area contributed by atoms with Crippen molar-refractivity contribution in [3.63, 3.8) is 0 Å². The van der Waals surface area contributed by atoms with E-state index >= 15 is 0 Å². The molecule has 1 aromatic carbocycles. The van der Waals surface area contributed by atoms with Crippen LogP contribution >= 0.6 is 0 Å². The van der Waals surface area contributed by atoms with Crippen molar-refractivity contribution in [2.24, 2.45) is 10.9 Å². The Balaban J connectivity index is 1.52. The molecule has 0 amide bonds. The number of guanidine groups is 1. The Bertz CT molecular complexity index is 688. The third kappa shape index (κ3) is 4.75. The van der Waals surface area contributed by atoms with Crippen LogP contribution in [0.3, 0.4) is 0 Å². The number of aromatic nitrogens is 1. The molecule has 0 spiro atoms. The second-order valence-corrected chi connectivity index (χ2v) is 6.81. The summed E-state index contributed by atoms with van der Waals surface area (Å²) in [6.45, 7) is 6.64. The van der Waals surface area contributed by atoms with Gasteiger partial charge in [-0.05, 0) is 37.8 Å². The third-order valence-corrected chi connectivity index (χ3v) is 4.79. The Morgan fingerprint density at radius 1 is 1.40 bits per heavy atom. The van der Waals surface area contributed by atoms with Gasteiger partial charge in [0.25, 0.3) is 0 Å². The van der Waals surface area contributed by atoms with Gasteiger partial charge < -0.3 is 19.9 Å². The van der Waals surface area contributed by atoms with Gasteiger partial charge in [0, 0.05) is 56.3 Å². The van der Waals surface area contributed by atoms with Gasteiger partial charge in [0.1, 0.15) is 0 Å². The largest absolute Gasteiger partial charge is 0.381 e. The molecule has 1 atom stereocenters. The number of hydrogen-bond acceptors (Lipinski definition) is 2. The first-order valence-electron chi connectivity index (χ1n) is 9.40. The van der Waals surface area contributed by atoms with Crippen molar-refractivity contribution in [3.05, 3.63) is 36.0 Å². The smallest absolute Gasteiger partial charge is 0.193 e. The minimum atomic E-state index is 0.625. The lowest BCUT2D eigenvalue weighted by Crippen LogP contribution is -2.41. The number of aromatic amines is 1. The summed E-state index contributed by atoms with van der Waals surface area (Å²) in [7, 11) is 2.12. The normalized spacial score (nSPS) is 18.0. The molecule has 1 aliphatic heterocycles. The number of aliphatic imine (C=N–C) groups is 1. The molecule has 25 heavy (non-hydrogen) atoms. The molecule has 1 aromatic heterocycles. The number of fused-ring (bicyclic) bond motifs is 1. The van der Waals surface area contributed by atoms with Crippen LogP contribution in [0.4, 0.5) is 0 Å². The fourth-order valence-corrected chi connectivity index (χ4v) is 3.46. The number of ether oxygens (including phenoxy) is 1. The van der Waals surface area contributed by atoms with Crippen molar-refractivity contribution in [2.75, 3.05) is 39.9 Å². The number of nitrogens with zero attached hydrogens (tertiary/aromatic N) is 2. The van der Waals surface area contributed by atoms with E-state index in [-0.39, 0.29) is 0 Å². The summed E-state index contributed by atoms with van der Waals surface area (Å²) in [6, 6.07) is 8.48. The van der Waals surface area contributed by atoms with E-state index in [2.05, 4.69) is 59.6 Å². The second-order valence-electron chi connectivity index (χ2n) is 6.81. The van der Waals surface area contributed by atoms with Crippen LogP contribution in [0.25, 0.3) is 10.9 Å². The van der Waals surface area contributed by atoms with Gasteiger partial charge in [0.2, 0.25) is 0 Å². The summed E-state index contributed by atoms with van der Waals surface area (Å²) >= 11 is 0. The number of hydrogen-bond donors (Lipinski definition) is 2. The van der Waals surface area contributed by atoms with Crippen molar-refractivity contribution < 1.29 is 4.74 Å². The number of aryl methyl sites for hydroxylation is 1. The van der Waals surface area contributed by atoms with E-state index in [1.165, 1.54) is 16.5 Å². The Kier molecular flexibility index (Phi) is 6.34. The highest BCUT2D eigenvalue weighted by Crippen LogP contribution is 2.19. The Hall–Kier alpha value is -2.01. The second kappa shape index (κ2) is 8.90. The van der Waals surface area contributed by atoms with E-state index in [0.717, 1.165) is 58.1 Å². The van der Waals surface area contributed by atoms with Crippen LogP contribution in [0, 0.1) is 5.92 Å². The van der Waals surface area contributed by atoms with Crippen LogP contribution in [0.15, 0.2) is 35.5 Å². The topological polar surface area (TPSA) is 52.7 Å². The van der Waals surface area contributed by atoms with Gasteiger partial charge in [-0.3, -0.25) is 4.99 Å². The molecule has 3 rings (SSSR count). The van der Waals surface area contributed by atoms with E-state index in [1.807, 2.05) is 0 Å².